The maximum absolute atomic E-state index is 13.0. The van der Waals surface area contributed by atoms with Crippen molar-refractivity contribution < 1.29 is 24.2 Å². The molecule has 1 amide bonds. The molecule has 3 rings (SSSR count). The Labute approximate surface area is 183 Å². The Hall–Kier alpha value is -3.28. The van der Waals surface area contributed by atoms with E-state index in [1.165, 1.54) is 0 Å². The summed E-state index contributed by atoms with van der Waals surface area (Å²) in [6.07, 6.45) is 0.824. The molecule has 0 saturated carbocycles. The van der Waals surface area contributed by atoms with Gasteiger partial charge in [-0.3, -0.25) is 9.59 Å². The molecule has 0 aromatic heterocycles. The molecule has 164 valence electrons. The van der Waals surface area contributed by atoms with E-state index in [4.69, 9.17) is 9.47 Å². The van der Waals surface area contributed by atoms with Crippen molar-refractivity contribution >= 4 is 11.7 Å². The molecule has 6 heteroatoms. The van der Waals surface area contributed by atoms with Crippen LogP contribution in [0.5, 0.6) is 11.5 Å². The molecule has 6 nitrogen and oxygen atoms in total. The number of carbonyl (C=O) groups is 2. The molecule has 0 aliphatic carbocycles. The smallest absolute Gasteiger partial charge is 0.290 e. The summed E-state index contributed by atoms with van der Waals surface area (Å²) in [5.41, 5.74) is 1.86. The summed E-state index contributed by atoms with van der Waals surface area (Å²) in [5, 5.41) is 10.7. The second kappa shape index (κ2) is 9.69. The third-order valence-electron chi connectivity index (χ3n) is 5.43. The lowest BCUT2D eigenvalue weighted by Crippen LogP contribution is -2.33. The number of carbonyl (C=O) groups excluding carboxylic acids is 2. The molecule has 1 unspecified atom stereocenters. The summed E-state index contributed by atoms with van der Waals surface area (Å²) >= 11 is 0. The highest BCUT2D eigenvalue weighted by molar-refractivity contribution is 6.09. The number of hydrogen-bond donors (Lipinski definition) is 1. The number of para-hydroxylation sites is 1. The largest absolute Gasteiger partial charge is 0.503 e. The van der Waals surface area contributed by atoms with Gasteiger partial charge in [0.15, 0.2) is 11.5 Å². The summed E-state index contributed by atoms with van der Waals surface area (Å²) < 4.78 is 10.7. The fraction of sp³-hybridized carbons (Fsp3) is 0.360. The van der Waals surface area contributed by atoms with Gasteiger partial charge in [0.25, 0.3) is 5.91 Å². The highest BCUT2D eigenvalue weighted by Crippen LogP contribution is 2.42. The van der Waals surface area contributed by atoms with Gasteiger partial charge >= 0.3 is 0 Å². The Balaban J connectivity index is 1.96. The van der Waals surface area contributed by atoms with Crippen molar-refractivity contribution in [2.75, 3.05) is 20.8 Å². The zero-order valence-corrected chi connectivity index (χ0v) is 18.4. The van der Waals surface area contributed by atoms with Crippen LogP contribution < -0.4 is 9.47 Å². The van der Waals surface area contributed by atoms with Gasteiger partial charge in [-0.2, -0.15) is 0 Å². The number of benzene rings is 2. The van der Waals surface area contributed by atoms with Crippen molar-refractivity contribution in [2.45, 2.75) is 32.7 Å². The standard InChI is InChI=1S/C25H29NO5/c1-16(2)15-20(27)22-23(19-7-5-6-8-21(19)31-4)26(25(29)24(22)28)14-13-17-9-11-18(30-3)12-10-17/h5-12,16,23,28H,13-15H2,1-4H3. The van der Waals surface area contributed by atoms with E-state index in [9.17, 15) is 14.7 Å². The number of Topliss-reactive ketones (excluding diaryl/α,β-unsaturated/α-hetero) is 1. The molecule has 31 heavy (non-hydrogen) atoms. The number of aliphatic hydroxyl groups is 1. The molecular formula is C25H29NO5. The summed E-state index contributed by atoms with van der Waals surface area (Å²) in [7, 11) is 3.16. The van der Waals surface area contributed by atoms with E-state index < -0.39 is 17.7 Å². The topological polar surface area (TPSA) is 76.1 Å². The lowest BCUT2D eigenvalue weighted by atomic mass is 9.91. The Morgan fingerprint density at radius 1 is 1.06 bits per heavy atom. The minimum absolute atomic E-state index is 0.106. The highest BCUT2D eigenvalue weighted by atomic mass is 16.5. The van der Waals surface area contributed by atoms with Gasteiger partial charge < -0.3 is 19.5 Å². The lowest BCUT2D eigenvalue weighted by Gasteiger charge is -2.28. The minimum Gasteiger partial charge on any atom is -0.503 e. The summed E-state index contributed by atoms with van der Waals surface area (Å²) in [6, 6.07) is 14.2. The van der Waals surface area contributed by atoms with E-state index in [1.54, 1.807) is 25.2 Å². The Morgan fingerprint density at radius 3 is 2.35 bits per heavy atom. The van der Waals surface area contributed by atoms with Gasteiger partial charge in [0.05, 0.1) is 25.8 Å². The first-order valence-corrected chi connectivity index (χ1v) is 10.4. The molecule has 2 aromatic carbocycles. The zero-order chi connectivity index (χ0) is 22.5. The normalized spacial score (nSPS) is 16.2. The Bertz CT molecular complexity index is 978. The van der Waals surface area contributed by atoms with E-state index in [0.29, 0.717) is 24.3 Å². The van der Waals surface area contributed by atoms with Crippen LogP contribution in [-0.2, 0) is 16.0 Å². The lowest BCUT2D eigenvalue weighted by molar-refractivity contribution is -0.129. The zero-order valence-electron chi connectivity index (χ0n) is 18.4. The molecule has 0 fully saturated rings. The van der Waals surface area contributed by atoms with Gasteiger partial charge in [0.1, 0.15) is 11.5 Å². The molecule has 1 heterocycles. The second-order valence-corrected chi connectivity index (χ2v) is 8.02. The predicted molar refractivity (Wildman–Crippen MR) is 118 cm³/mol. The maximum Gasteiger partial charge on any atom is 0.290 e. The second-order valence-electron chi connectivity index (χ2n) is 8.02. The molecule has 2 aromatic rings. The van der Waals surface area contributed by atoms with E-state index in [1.807, 2.05) is 56.3 Å². The van der Waals surface area contributed by atoms with Crippen molar-refractivity contribution in [1.29, 1.82) is 0 Å². The number of nitrogens with zero attached hydrogens (tertiary/aromatic N) is 1. The first-order valence-electron chi connectivity index (χ1n) is 10.4. The van der Waals surface area contributed by atoms with E-state index >= 15 is 0 Å². The summed E-state index contributed by atoms with van der Waals surface area (Å²) in [5.74, 6) is 0.221. The van der Waals surface area contributed by atoms with Crippen molar-refractivity contribution in [3.8, 4) is 11.5 Å². The van der Waals surface area contributed by atoms with E-state index in [-0.39, 0.29) is 23.7 Å². The van der Waals surface area contributed by atoms with Gasteiger partial charge in [-0.25, -0.2) is 0 Å². The van der Waals surface area contributed by atoms with Gasteiger partial charge in [0, 0.05) is 18.5 Å². The van der Waals surface area contributed by atoms with Crippen LogP contribution in [0.25, 0.3) is 0 Å². The fourth-order valence-electron chi connectivity index (χ4n) is 3.91. The number of amides is 1. The molecule has 0 radical (unpaired) electrons. The van der Waals surface area contributed by atoms with Crippen molar-refractivity contribution in [2.24, 2.45) is 5.92 Å². The predicted octanol–water partition coefficient (Wildman–Crippen LogP) is 4.26. The first kappa shape index (κ1) is 22.4. The quantitative estimate of drug-likeness (QED) is 0.652. The first-order chi connectivity index (χ1) is 14.9. The highest BCUT2D eigenvalue weighted by Gasteiger charge is 2.44. The van der Waals surface area contributed by atoms with Crippen molar-refractivity contribution in [3.63, 3.8) is 0 Å². The molecule has 0 spiro atoms. The number of rotatable bonds is 9. The van der Waals surface area contributed by atoms with Crippen LogP contribution in [0, 0.1) is 5.92 Å². The van der Waals surface area contributed by atoms with Crippen LogP contribution in [0.4, 0.5) is 0 Å². The molecule has 1 aliphatic rings. The van der Waals surface area contributed by atoms with Crippen LogP contribution in [0.1, 0.15) is 37.4 Å². The number of ketones is 1. The third-order valence-corrected chi connectivity index (χ3v) is 5.43. The Morgan fingerprint density at radius 2 is 1.74 bits per heavy atom. The number of hydrogen-bond acceptors (Lipinski definition) is 5. The van der Waals surface area contributed by atoms with Gasteiger partial charge in [-0.05, 0) is 36.1 Å². The van der Waals surface area contributed by atoms with Gasteiger partial charge in [-0.15, -0.1) is 0 Å². The summed E-state index contributed by atoms with van der Waals surface area (Å²) in [6.45, 7) is 4.22. The van der Waals surface area contributed by atoms with Crippen LogP contribution in [0.2, 0.25) is 0 Å². The molecular weight excluding hydrogens is 394 g/mol. The minimum atomic E-state index is -0.687. The van der Waals surface area contributed by atoms with Crippen LogP contribution in [-0.4, -0.2) is 42.5 Å². The number of ether oxygens (including phenoxy) is 2. The van der Waals surface area contributed by atoms with Gasteiger partial charge in [0.2, 0.25) is 0 Å². The van der Waals surface area contributed by atoms with E-state index in [2.05, 4.69) is 0 Å². The monoisotopic (exact) mass is 423 g/mol. The number of methoxy groups -OCH3 is 2. The molecule has 0 saturated heterocycles. The SMILES string of the molecule is COc1ccc(CCN2C(=O)C(O)=C(C(=O)CC(C)C)C2c2ccccc2OC)cc1. The van der Waals surface area contributed by atoms with E-state index in [0.717, 1.165) is 11.3 Å². The van der Waals surface area contributed by atoms with Crippen LogP contribution >= 0.6 is 0 Å². The average molecular weight is 424 g/mol. The summed E-state index contributed by atoms with van der Waals surface area (Å²) in [4.78, 5) is 27.6. The molecule has 0 bridgehead atoms. The van der Waals surface area contributed by atoms with Crippen molar-refractivity contribution in [3.05, 3.63) is 71.0 Å². The third kappa shape index (κ3) is 4.74. The average Bonchev–Trinajstić information content (AvgIpc) is 3.02. The number of aliphatic hydroxyl groups excluding tert-OH is 1. The fourth-order valence-corrected chi connectivity index (χ4v) is 3.91. The molecule has 1 aliphatic heterocycles. The molecule has 1 N–H and O–H groups in total. The maximum atomic E-state index is 13.0. The van der Waals surface area contributed by atoms with Crippen LogP contribution in [0.3, 0.4) is 0 Å². The van der Waals surface area contributed by atoms with Crippen molar-refractivity contribution in [1.82, 2.24) is 4.90 Å². The van der Waals surface area contributed by atoms with Crippen LogP contribution in [0.15, 0.2) is 59.9 Å². The van der Waals surface area contributed by atoms with Gasteiger partial charge in [-0.1, -0.05) is 44.2 Å². The molecule has 1 atom stereocenters. The Kier molecular flexibility index (Phi) is 7.00.